The highest BCUT2D eigenvalue weighted by Crippen LogP contribution is 2.27. The van der Waals surface area contributed by atoms with Gasteiger partial charge in [-0.05, 0) is 55.5 Å². The van der Waals surface area contributed by atoms with Crippen molar-refractivity contribution in [3.8, 4) is 11.5 Å². The van der Waals surface area contributed by atoms with E-state index in [1.54, 1.807) is 48.5 Å². The van der Waals surface area contributed by atoms with Crippen LogP contribution in [-0.2, 0) is 19.6 Å². The zero-order chi connectivity index (χ0) is 24.0. The lowest BCUT2D eigenvalue weighted by molar-refractivity contribution is -0.116. The SMILES string of the molecule is COC(=O)c1ccccc1NC(=O)[C@@H](C)N(c1ccc(Oc2ccccc2)cc1)S(C)(=O)=O. The average molecular weight is 469 g/mol. The van der Waals surface area contributed by atoms with Gasteiger partial charge in [0.25, 0.3) is 0 Å². The number of esters is 1. The van der Waals surface area contributed by atoms with Crippen molar-refractivity contribution in [1.82, 2.24) is 0 Å². The van der Waals surface area contributed by atoms with Gasteiger partial charge in [-0.15, -0.1) is 0 Å². The van der Waals surface area contributed by atoms with E-state index in [0.29, 0.717) is 17.2 Å². The molecule has 33 heavy (non-hydrogen) atoms. The highest BCUT2D eigenvalue weighted by molar-refractivity contribution is 7.92. The number of anilines is 2. The summed E-state index contributed by atoms with van der Waals surface area (Å²) in [5.41, 5.74) is 0.678. The van der Waals surface area contributed by atoms with Crippen LogP contribution in [0.25, 0.3) is 0 Å². The Hall–Kier alpha value is -3.85. The largest absolute Gasteiger partial charge is 0.465 e. The van der Waals surface area contributed by atoms with Gasteiger partial charge in [0, 0.05) is 0 Å². The lowest BCUT2D eigenvalue weighted by Crippen LogP contribution is -2.45. The minimum absolute atomic E-state index is 0.161. The van der Waals surface area contributed by atoms with Crippen LogP contribution in [0.1, 0.15) is 17.3 Å². The summed E-state index contributed by atoms with van der Waals surface area (Å²) in [5.74, 6) is -0.0707. The Balaban J connectivity index is 1.83. The third kappa shape index (κ3) is 5.89. The molecule has 1 amide bonds. The summed E-state index contributed by atoms with van der Waals surface area (Å²) in [6.45, 7) is 1.46. The Morgan fingerprint density at radius 3 is 2.06 bits per heavy atom. The number of carbonyl (C=O) groups excluding carboxylic acids is 2. The van der Waals surface area contributed by atoms with Crippen molar-refractivity contribution < 1.29 is 27.5 Å². The monoisotopic (exact) mass is 468 g/mol. The molecule has 0 aliphatic rings. The van der Waals surface area contributed by atoms with Crippen LogP contribution in [0.3, 0.4) is 0 Å². The molecule has 3 aromatic carbocycles. The summed E-state index contributed by atoms with van der Waals surface area (Å²) < 4.78 is 36.6. The second-order valence-electron chi connectivity index (χ2n) is 7.17. The Kier molecular flexibility index (Phi) is 7.34. The number of sulfonamides is 1. The molecule has 0 radical (unpaired) electrons. The zero-order valence-corrected chi connectivity index (χ0v) is 19.2. The number of nitrogens with one attached hydrogen (secondary N) is 1. The minimum atomic E-state index is -3.82. The topological polar surface area (TPSA) is 102 Å². The molecule has 0 heterocycles. The standard InChI is InChI=1S/C24H24N2O6S/c1-17(23(27)25-22-12-8-7-11-21(22)24(28)31-2)26(33(3,29)30)18-13-15-20(16-14-18)32-19-9-5-4-6-10-19/h4-17H,1-3H3,(H,25,27)/t17-/m1/s1. The molecule has 0 saturated carbocycles. The number of ether oxygens (including phenoxy) is 2. The molecule has 0 aromatic heterocycles. The molecule has 0 unspecified atom stereocenters. The second-order valence-corrected chi connectivity index (χ2v) is 9.03. The normalized spacial score (nSPS) is 11.8. The molecule has 0 fully saturated rings. The molecule has 3 aromatic rings. The Labute approximate surface area is 192 Å². The van der Waals surface area contributed by atoms with Gasteiger partial charge in [0.1, 0.15) is 17.5 Å². The van der Waals surface area contributed by atoms with Crippen molar-refractivity contribution in [2.45, 2.75) is 13.0 Å². The maximum absolute atomic E-state index is 13.0. The fourth-order valence-electron chi connectivity index (χ4n) is 3.21. The summed E-state index contributed by atoms with van der Waals surface area (Å²) in [7, 11) is -2.58. The molecule has 0 spiro atoms. The molecule has 8 nitrogen and oxygen atoms in total. The van der Waals surface area contributed by atoms with Crippen LogP contribution >= 0.6 is 0 Å². The first-order valence-electron chi connectivity index (χ1n) is 10.0. The smallest absolute Gasteiger partial charge is 0.339 e. The highest BCUT2D eigenvalue weighted by atomic mass is 32.2. The van der Waals surface area contributed by atoms with Crippen LogP contribution in [-0.4, -0.2) is 39.7 Å². The van der Waals surface area contributed by atoms with Crippen LogP contribution in [0.4, 0.5) is 11.4 Å². The fraction of sp³-hybridized carbons (Fsp3) is 0.167. The lowest BCUT2D eigenvalue weighted by Gasteiger charge is -2.28. The number of amides is 1. The molecule has 0 aliphatic carbocycles. The van der Waals surface area contributed by atoms with Crippen molar-refractivity contribution in [3.63, 3.8) is 0 Å². The van der Waals surface area contributed by atoms with E-state index in [1.165, 1.54) is 26.2 Å². The minimum Gasteiger partial charge on any atom is -0.465 e. The summed E-state index contributed by atoms with van der Waals surface area (Å²) in [5, 5.41) is 2.62. The van der Waals surface area contributed by atoms with Gasteiger partial charge in [0.2, 0.25) is 15.9 Å². The van der Waals surface area contributed by atoms with Gasteiger partial charge in [0.05, 0.1) is 30.3 Å². The van der Waals surface area contributed by atoms with Gasteiger partial charge in [0.15, 0.2) is 0 Å². The number of methoxy groups -OCH3 is 1. The number of carbonyl (C=O) groups is 2. The number of hydrogen-bond donors (Lipinski definition) is 1. The third-order valence-electron chi connectivity index (χ3n) is 4.75. The second kappa shape index (κ2) is 10.2. The first kappa shape index (κ1) is 23.8. The van der Waals surface area contributed by atoms with E-state index in [4.69, 9.17) is 9.47 Å². The van der Waals surface area contributed by atoms with Gasteiger partial charge in [-0.2, -0.15) is 0 Å². The number of nitrogens with zero attached hydrogens (tertiary/aromatic N) is 1. The van der Waals surface area contributed by atoms with Crippen molar-refractivity contribution >= 4 is 33.3 Å². The first-order valence-corrected chi connectivity index (χ1v) is 11.9. The van der Waals surface area contributed by atoms with Gasteiger partial charge in [-0.3, -0.25) is 9.10 Å². The third-order valence-corrected chi connectivity index (χ3v) is 5.99. The number of para-hydroxylation sites is 2. The van der Waals surface area contributed by atoms with E-state index in [0.717, 1.165) is 10.6 Å². The summed E-state index contributed by atoms with van der Waals surface area (Å²) >= 11 is 0. The van der Waals surface area contributed by atoms with E-state index >= 15 is 0 Å². The van der Waals surface area contributed by atoms with Gasteiger partial charge in [-0.1, -0.05) is 30.3 Å². The van der Waals surface area contributed by atoms with Crippen molar-refractivity contribution in [1.29, 1.82) is 0 Å². The molecule has 0 bridgehead atoms. The zero-order valence-electron chi connectivity index (χ0n) is 18.4. The quantitative estimate of drug-likeness (QED) is 0.500. The van der Waals surface area contributed by atoms with E-state index in [1.807, 2.05) is 18.2 Å². The predicted molar refractivity (Wildman–Crippen MR) is 126 cm³/mol. The molecular formula is C24H24N2O6S. The van der Waals surface area contributed by atoms with Crippen LogP contribution in [0.2, 0.25) is 0 Å². The number of benzene rings is 3. The maximum Gasteiger partial charge on any atom is 0.339 e. The number of rotatable bonds is 8. The van der Waals surface area contributed by atoms with Crippen molar-refractivity contribution in [2.75, 3.05) is 23.0 Å². The predicted octanol–water partition coefficient (Wildman–Crippen LogP) is 4.06. The van der Waals surface area contributed by atoms with Gasteiger partial charge in [-0.25, -0.2) is 13.2 Å². The Morgan fingerprint density at radius 1 is 0.879 bits per heavy atom. The van der Waals surface area contributed by atoms with E-state index < -0.39 is 27.9 Å². The first-order chi connectivity index (χ1) is 15.7. The Bertz CT molecular complexity index is 1230. The molecule has 1 N–H and O–H groups in total. The molecule has 0 saturated heterocycles. The van der Waals surface area contributed by atoms with Crippen LogP contribution in [0.15, 0.2) is 78.9 Å². The summed E-state index contributed by atoms with van der Waals surface area (Å²) in [6, 6.07) is 20.7. The Morgan fingerprint density at radius 2 is 1.45 bits per heavy atom. The van der Waals surface area contributed by atoms with Crippen LogP contribution < -0.4 is 14.4 Å². The van der Waals surface area contributed by atoms with E-state index in [-0.39, 0.29) is 11.3 Å². The molecule has 9 heteroatoms. The number of hydrogen-bond acceptors (Lipinski definition) is 6. The average Bonchev–Trinajstić information content (AvgIpc) is 2.80. The van der Waals surface area contributed by atoms with Gasteiger partial charge < -0.3 is 14.8 Å². The van der Waals surface area contributed by atoms with E-state index in [9.17, 15) is 18.0 Å². The maximum atomic E-state index is 13.0. The highest BCUT2D eigenvalue weighted by Gasteiger charge is 2.30. The molecule has 172 valence electrons. The van der Waals surface area contributed by atoms with Gasteiger partial charge >= 0.3 is 5.97 Å². The summed E-state index contributed by atoms with van der Waals surface area (Å²) in [6.07, 6.45) is 1.02. The summed E-state index contributed by atoms with van der Waals surface area (Å²) in [4.78, 5) is 24.9. The van der Waals surface area contributed by atoms with E-state index in [2.05, 4.69) is 5.32 Å². The molecule has 1 atom stereocenters. The van der Waals surface area contributed by atoms with Crippen molar-refractivity contribution in [3.05, 3.63) is 84.4 Å². The van der Waals surface area contributed by atoms with Crippen LogP contribution in [0.5, 0.6) is 11.5 Å². The van der Waals surface area contributed by atoms with Crippen LogP contribution in [0, 0.1) is 0 Å². The van der Waals surface area contributed by atoms with Crippen molar-refractivity contribution in [2.24, 2.45) is 0 Å². The molecule has 0 aliphatic heterocycles. The molecule has 3 rings (SSSR count). The molecular weight excluding hydrogens is 444 g/mol. The lowest BCUT2D eigenvalue weighted by atomic mass is 10.1. The fourth-order valence-corrected chi connectivity index (χ4v) is 4.39.